The number of carbonyl (C=O) groups is 1. The first-order chi connectivity index (χ1) is 12.6. The van der Waals surface area contributed by atoms with Crippen LogP contribution in [0.1, 0.15) is 16.2 Å². The van der Waals surface area contributed by atoms with E-state index in [2.05, 4.69) is 15.0 Å². The van der Waals surface area contributed by atoms with E-state index in [1.165, 1.54) is 11.3 Å². The van der Waals surface area contributed by atoms with Crippen molar-refractivity contribution in [1.82, 2.24) is 15.0 Å². The highest BCUT2D eigenvalue weighted by atomic mass is 35.5. The molecule has 0 bridgehead atoms. The summed E-state index contributed by atoms with van der Waals surface area (Å²) >= 11 is 7.37. The van der Waals surface area contributed by atoms with Crippen LogP contribution in [-0.4, -0.2) is 20.9 Å². The molecule has 0 saturated carbocycles. The fourth-order valence-electron chi connectivity index (χ4n) is 2.62. The van der Waals surface area contributed by atoms with E-state index in [4.69, 9.17) is 22.1 Å². The van der Waals surface area contributed by atoms with Gasteiger partial charge in [0.05, 0.1) is 15.4 Å². The van der Waals surface area contributed by atoms with E-state index in [1.54, 1.807) is 18.5 Å². The Kier molecular flexibility index (Phi) is 4.32. The van der Waals surface area contributed by atoms with Gasteiger partial charge in [0.15, 0.2) is 12.4 Å². The van der Waals surface area contributed by atoms with Gasteiger partial charge in [0, 0.05) is 28.2 Å². The van der Waals surface area contributed by atoms with Crippen LogP contribution in [-0.2, 0) is 11.3 Å². The first-order valence-corrected chi connectivity index (χ1v) is 8.92. The maximum atomic E-state index is 12.5. The number of thiophene rings is 1. The molecule has 3 heterocycles. The molecule has 1 aromatic carbocycles. The topological polar surface area (TPSA) is 93.9 Å². The summed E-state index contributed by atoms with van der Waals surface area (Å²) in [7, 11) is 0. The number of H-pyrrole nitrogens is 1. The van der Waals surface area contributed by atoms with E-state index in [0.29, 0.717) is 27.1 Å². The van der Waals surface area contributed by atoms with E-state index in [1.807, 2.05) is 30.3 Å². The summed E-state index contributed by atoms with van der Waals surface area (Å²) in [6.07, 6.45) is 3.34. The number of para-hydroxylation sites is 1. The number of ether oxygens (including phenoxy) is 1. The maximum absolute atomic E-state index is 12.5. The Morgan fingerprint density at radius 2 is 2.04 bits per heavy atom. The van der Waals surface area contributed by atoms with Gasteiger partial charge >= 0.3 is 5.97 Å². The van der Waals surface area contributed by atoms with Crippen LogP contribution in [0.15, 0.2) is 48.8 Å². The Hall–Kier alpha value is -2.90. The summed E-state index contributed by atoms with van der Waals surface area (Å²) in [5.74, 6) is 0.240. The minimum Gasteiger partial charge on any atom is -0.454 e. The van der Waals surface area contributed by atoms with Crippen LogP contribution in [0.5, 0.6) is 0 Å². The third-order valence-electron chi connectivity index (χ3n) is 3.82. The number of nitrogen functional groups attached to an aromatic ring is 1. The van der Waals surface area contributed by atoms with Gasteiger partial charge in [-0.2, -0.15) is 0 Å². The van der Waals surface area contributed by atoms with Crippen LogP contribution >= 0.6 is 22.9 Å². The van der Waals surface area contributed by atoms with Crippen molar-refractivity contribution in [2.24, 2.45) is 0 Å². The van der Waals surface area contributed by atoms with Gasteiger partial charge in [-0.1, -0.05) is 23.7 Å². The molecular formula is C18H13ClN4O2S. The number of nitrogens with one attached hydrogen (secondary N) is 1. The zero-order valence-electron chi connectivity index (χ0n) is 13.4. The van der Waals surface area contributed by atoms with Crippen molar-refractivity contribution >= 4 is 45.6 Å². The third-order valence-corrected chi connectivity index (χ3v) is 5.08. The van der Waals surface area contributed by atoms with Crippen molar-refractivity contribution in [2.45, 2.75) is 6.61 Å². The second-order valence-corrected chi connectivity index (χ2v) is 7.22. The molecule has 0 saturated heterocycles. The van der Waals surface area contributed by atoms with Crippen molar-refractivity contribution in [3.8, 4) is 10.4 Å². The van der Waals surface area contributed by atoms with Crippen LogP contribution in [0.25, 0.3) is 21.3 Å². The summed E-state index contributed by atoms with van der Waals surface area (Å²) < 4.78 is 6.03. The molecule has 8 heteroatoms. The molecule has 4 rings (SSSR count). The van der Waals surface area contributed by atoms with Crippen LogP contribution in [0.3, 0.4) is 0 Å². The highest BCUT2D eigenvalue weighted by molar-refractivity contribution is 7.19. The quantitative estimate of drug-likeness (QED) is 0.512. The number of anilines is 1. The number of aromatic amines is 1. The fourth-order valence-corrected chi connectivity index (χ4v) is 3.69. The average Bonchev–Trinajstić information content (AvgIpc) is 3.28. The lowest BCUT2D eigenvalue weighted by Gasteiger charge is -2.07. The number of hydrogen-bond donors (Lipinski definition) is 2. The number of nitrogens with two attached hydrogens (primary N) is 1. The second-order valence-electron chi connectivity index (χ2n) is 5.50. The van der Waals surface area contributed by atoms with Gasteiger partial charge < -0.3 is 15.5 Å². The van der Waals surface area contributed by atoms with E-state index < -0.39 is 5.97 Å². The number of nitrogens with zero attached hydrogens (tertiary/aromatic N) is 2. The molecule has 0 fully saturated rings. The van der Waals surface area contributed by atoms with Gasteiger partial charge in [0.1, 0.15) is 5.82 Å². The summed E-state index contributed by atoms with van der Waals surface area (Å²) in [5.41, 5.74) is 7.83. The fraction of sp³-hybridized carbons (Fsp3) is 0.0556. The third kappa shape index (κ3) is 3.14. The summed E-state index contributed by atoms with van der Waals surface area (Å²) in [6.45, 7) is -0.0658. The largest absolute Gasteiger partial charge is 0.454 e. The Morgan fingerprint density at radius 1 is 1.19 bits per heavy atom. The standard InChI is InChI=1S/C18H13ClN4O2S/c19-15-6-5-14(26-15)11-7-21-8-12(11)18(24)25-9-16-22-13-4-2-1-3-10(13)17(20)23-16/h1-8,21H,9H2,(H2,20,22,23). The SMILES string of the molecule is Nc1nc(COC(=O)c2c[nH]cc2-c2ccc(Cl)s2)nc2ccccc12. The zero-order valence-corrected chi connectivity index (χ0v) is 15.0. The normalized spacial score (nSPS) is 11.0. The van der Waals surface area contributed by atoms with E-state index >= 15 is 0 Å². The number of rotatable bonds is 4. The first-order valence-electron chi connectivity index (χ1n) is 7.72. The molecule has 3 aromatic heterocycles. The molecule has 26 heavy (non-hydrogen) atoms. The van der Waals surface area contributed by atoms with E-state index in [0.717, 1.165) is 15.8 Å². The highest BCUT2D eigenvalue weighted by Gasteiger charge is 2.17. The molecule has 130 valence electrons. The van der Waals surface area contributed by atoms with Gasteiger partial charge in [0.25, 0.3) is 0 Å². The lowest BCUT2D eigenvalue weighted by atomic mass is 10.2. The summed E-state index contributed by atoms with van der Waals surface area (Å²) in [6, 6.07) is 11.1. The maximum Gasteiger partial charge on any atom is 0.340 e. The first kappa shape index (κ1) is 16.6. The molecule has 0 aliphatic carbocycles. The van der Waals surface area contributed by atoms with Crippen molar-refractivity contribution in [1.29, 1.82) is 0 Å². The van der Waals surface area contributed by atoms with Crippen LogP contribution in [0.2, 0.25) is 4.34 Å². The van der Waals surface area contributed by atoms with Gasteiger partial charge in [-0.25, -0.2) is 14.8 Å². The number of aromatic nitrogens is 3. The summed E-state index contributed by atoms with van der Waals surface area (Å²) in [4.78, 5) is 24.9. The lowest BCUT2D eigenvalue weighted by molar-refractivity contribution is 0.0464. The Bertz CT molecular complexity index is 1110. The molecule has 6 nitrogen and oxygen atoms in total. The van der Waals surface area contributed by atoms with Crippen LogP contribution in [0, 0.1) is 0 Å². The van der Waals surface area contributed by atoms with Crippen LogP contribution < -0.4 is 5.73 Å². The monoisotopic (exact) mass is 384 g/mol. The molecule has 4 aromatic rings. The molecule has 0 spiro atoms. The number of carbonyl (C=O) groups excluding carboxylic acids is 1. The molecule has 0 atom stereocenters. The number of halogens is 1. The predicted molar refractivity (Wildman–Crippen MR) is 102 cm³/mol. The van der Waals surface area contributed by atoms with Crippen LogP contribution in [0.4, 0.5) is 5.82 Å². The van der Waals surface area contributed by atoms with Gasteiger partial charge in [0.2, 0.25) is 0 Å². The molecule has 0 unspecified atom stereocenters. The molecule has 0 aliphatic rings. The Labute approximate surface area is 157 Å². The molecule has 0 amide bonds. The smallest absolute Gasteiger partial charge is 0.340 e. The number of esters is 1. The van der Waals surface area contributed by atoms with Crippen molar-refractivity contribution < 1.29 is 9.53 Å². The average molecular weight is 385 g/mol. The number of fused-ring (bicyclic) bond motifs is 1. The van der Waals surface area contributed by atoms with Crippen molar-refractivity contribution in [3.05, 3.63) is 64.5 Å². The second kappa shape index (κ2) is 6.78. The number of hydrogen-bond acceptors (Lipinski definition) is 6. The predicted octanol–water partition coefficient (Wildman–Crippen LogP) is 4.28. The minimum absolute atomic E-state index is 0.0658. The summed E-state index contributed by atoms with van der Waals surface area (Å²) in [5, 5.41) is 0.769. The minimum atomic E-state index is -0.471. The molecule has 0 radical (unpaired) electrons. The van der Waals surface area contributed by atoms with E-state index in [-0.39, 0.29) is 6.61 Å². The van der Waals surface area contributed by atoms with Gasteiger partial charge in [-0.15, -0.1) is 11.3 Å². The lowest BCUT2D eigenvalue weighted by Crippen LogP contribution is -2.09. The highest BCUT2D eigenvalue weighted by Crippen LogP contribution is 2.33. The Balaban J connectivity index is 1.54. The zero-order chi connectivity index (χ0) is 18.1. The van der Waals surface area contributed by atoms with Crippen molar-refractivity contribution in [2.75, 3.05) is 5.73 Å². The molecule has 3 N–H and O–H groups in total. The molecular weight excluding hydrogens is 372 g/mol. The van der Waals surface area contributed by atoms with E-state index in [9.17, 15) is 4.79 Å². The van der Waals surface area contributed by atoms with Gasteiger partial charge in [-0.3, -0.25) is 0 Å². The van der Waals surface area contributed by atoms with Gasteiger partial charge in [-0.05, 0) is 24.3 Å². The molecule has 0 aliphatic heterocycles. The number of benzene rings is 1. The van der Waals surface area contributed by atoms with Crippen molar-refractivity contribution in [3.63, 3.8) is 0 Å². The Morgan fingerprint density at radius 3 is 2.85 bits per heavy atom.